The average molecular weight is 475 g/mol. The van der Waals surface area contributed by atoms with Gasteiger partial charge in [-0.05, 0) is 33.7 Å². The van der Waals surface area contributed by atoms with Gasteiger partial charge in [-0.3, -0.25) is 9.59 Å². The first-order valence-electron chi connectivity index (χ1n) is 10.6. The zero-order chi connectivity index (χ0) is 24.1. The van der Waals surface area contributed by atoms with Crippen molar-refractivity contribution < 1.29 is 24.2 Å². The maximum absolute atomic E-state index is 13.1. The van der Waals surface area contributed by atoms with Gasteiger partial charge in [0.05, 0.1) is 6.54 Å². The number of terminal acetylenes is 1. The van der Waals surface area contributed by atoms with Crippen molar-refractivity contribution in [1.29, 1.82) is 0 Å². The van der Waals surface area contributed by atoms with Crippen LogP contribution in [0.4, 0.5) is 4.79 Å². The number of alkyl carbamates (subject to hydrolysis) is 1. The van der Waals surface area contributed by atoms with Crippen LogP contribution in [-0.4, -0.2) is 47.7 Å². The van der Waals surface area contributed by atoms with Crippen molar-refractivity contribution in [2.75, 3.05) is 19.7 Å². The fraction of sp³-hybridized carbons (Fsp3) is 0.192. The van der Waals surface area contributed by atoms with Gasteiger partial charge in [-0.25, -0.2) is 4.79 Å². The minimum Gasteiger partial charge on any atom is -0.480 e. The third-order valence-corrected chi connectivity index (χ3v) is 6.54. The third kappa shape index (κ3) is 4.80. The molecule has 172 valence electrons. The summed E-state index contributed by atoms with van der Waals surface area (Å²) < 4.78 is 5.57. The average Bonchev–Trinajstić information content (AvgIpc) is 3.47. The molecular weight excluding hydrogens is 452 g/mol. The van der Waals surface area contributed by atoms with Crippen LogP contribution in [0.1, 0.15) is 28.0 Å². The maximum Gasteiger partial charge on any atom is 0.408 e. The molecule has 7 nitrogen and oxygen atoms in total. The van der Waals surface area contributed by atoms with E-state index in [1.165, 1.54) is 11.3 Å². The Morgan fingerprint density at radius 3 is 2.26 bits per heavy atom. The fourth-order valence-electron chi connectivity index (χ4n) is 4.14. The van der Waals surface area contributed by atoms with Gasteiger partial charge in [-0.2, -0.15) is 0 Å². The predicted molar refractivity (Wildman–Crippen MR) is 128 cm³/mol. The second-order valence-electron chi connectivity index (χ2n) is 7.71. The van der Waals surface area contributed by atoms with Gasteiger partial charge in [-0.1, -0.05) is 60.5 Å². The number of fused-ring (bicyclic) bond motifs is 3. The first-order chi connectivity index (χ1) is 16.5. The summed E-state index contributed by atoms with van der Waals surface area (Å²) in [6, 6.07) is 18.3. The Balaban J connectivity index is 1.50. The summed E-state index contributed by atoms with van der Waals surface area (Å²) in [7, 11) is 0. The molecule has 34 heavy (non-hydrogen) atoms. The number of hydrogen-bond acceptors (Lipinski definition) is 5. The van der Waals surface area contributed by atoms with E-state index in [0.29, 0.717) is 4.88 Å². The summed E-state index contributed by atoms with van der Waals surface area (Å²) in [6.07, 6.45) is 4.54. The first kappa shape index (κ1) is 23.1. The summed E-state index contributed by atoms with van der Waals surface area (Å²) >= 11 is 1.26. The number of benzene rings is 2. The van der Waals surface area contributed by atoms with Gasteiger partial charge in [-0.15, -0.1) is 17.8 Å². The van der Waals surface area contributed by atoms with Crippen LogP contribution in [0.3, 0.4) is 0 Å². The molecule has 2 aromatic carbocycles. The summed E-state index contributed by atoms with van der Waals surface area (Å²) in [5.41, 5.74) is 4.36. The third-order valence-electron chi connectivity index (χ3n) is 5.60. The van der Waals surface area contributed by atoms with E-state index in [1.54, 1.807) is 17.5 Å². The highest BCUT2D eigenvalue weighted by atomic mass is 32.1. The van der Waals surface area contributed by atoms with Gasteiger partial charge >= 0.3 is 12.1 Å². The Labute approximate surface area is 201 Å². The number of nitrogens with one attached hydrogen (secondary N) is 1. The number of carbonyl (C=O) groups is 3. The Morgan fingerprint density at radius 2 is 1.71 bits per heavy atom. The summed E-state index contributed by atoms with van der Waals surface area (Å²) in [6.45, 7) is -0.676. The lowest BCUT2D eigenvalue weighted by molar-refractivity contribution is -0.144. The smallest absolute Gasteiger partial charge is 0.408 e. The van der Waals surface area contributed by atoms with E-state index in [1.807, 2.05) is 48.5 Å². The minimum atomic E-state index is -1.20. The predicted octanol–water partition coefficient (Wildman–Crippen LogP) is 3.87. The molecule has 1 aliphatic rings. The number of nitrogens with zero attached hydrogens (tertiary/aromatic N) is 1. The van der Waals surface area contributed by atoms with Crippen molar-refractivity contribution in [1.82, 2.24) is 10.2 Å². The molecule has 3 aromatic rings. The topological polar surface area (TPSA) is 95.9 Å². The van der Waals surface area contributed by atoms with Gasteiger partial charge in [0.2, 0.25) is 0 Å². The largest absolute Gasteiger partial charge is 0.480 e. The van der Waals surface area contributed by atoms with Crippen LogP contribution in [0.5, 0.6) is 0 Å². The van der Waals surface area contributed by atoms with Crippen LogP contribution in [0.25, 0.3) is 11.1 Å². The Morgan fingerprint density at radius 1 is 1.06 bits per heavy atom. The molecule has 1 heterocycles. The Hall–Kier alpha value is -4.09. The Bertz CT molecular complexity index is 1200. The van der Waals surface area contributed by atoms with E-state index in [2.05, 4.69) is 11.2 Å². The molecule has 8 heteroatoms. The molecule has 0 radical (unpaired) electrons. The van der Waals surface area contributed by atoms with Crippen molar-refractivity contribution in [3.63, 3.8) is 0 Å². The highest BCUT2D eigenvalue weighted by Crippen LogP contribution is 2.44. The van der Waals surface area contributed by atoms with Crippen LogP contribution in [0.2, 0.25) is 0 Å². The zero-order valence-corrected chi connectivity index (χ0v) is 19.0. The molecule has 0 bridgehead atoms. The van der Waals surface area contributed by atoms with Crippen molar-refractivity contribution in [3.8, 4) is 23.5 Å². The molecule has 4 rings (SSSR count). The van der Waals surface area contributed by atoms with Gasteiger partial charge in [0.25, 0.3) is 5.91 Å². The molecule has 1 atom stereocenters. The van der Waals surface area contributed by atoms with Gasteiger partial charge in [0.15, 0.2) is 0 Å². The molecule has 0 spiro atoms. The molecule has 1 aliphatic carbocycles. The number of rotatable bonds is 8. The highest BCUT2D eigenvalue weighted by molar-refractivity contribution is 7.10. The fourth-order valence-corrected chi connectivity index (χ4v) is 4.90. The number of aliphatic carboxylic acids is 1. The second-order valence-corrected chi connectivity index (χ2v) is 8.69. The molecule has 1 unspecified atom stereocenters. The van der Waals surface area contributed by atoms with Crippen LogP contribution in [0.15, 0.2) is 66.0 Å². The first-order valence-corrected chi connectivity index (χ1v) is 11.5. The van der Waals surface area contributed by atoms with Gasteiger partial charge in [0.1, 0.15) is 19.2 Å². The molecular formula is C26H22N2O5S. The normalized spacial score (nSPS) is 12.7. The molecule has 2 amide bonds. The number of thiophene rings is 1. The van der Waals surface area contributed by atoms with E-state index in [-0.39, 0.29) is 19.1 Å². The van der Waals surface area contributed by atoms with Crippen LogP contribution < -0.4 is 5.32 Å². The lowest BCUT2D eigenvalue weighted by atomic mass is 9.98. The molecule has 0 fully saturated rings. The van der Waals surface area contributed by atoms with Crippen molar-refractivity contribution in [2.45, 2.75) is 12.0 Å². The van der Waals surface area contributed by atoms with Gasteiger partial charge < -0.3 is 20.1 Å². The minimum absolute atomic E-state index is 0.0917. The number of carbonyl (C=O) groups excluding carboxylic acids is 2. The molecule has 0 aliphatic heterocycles. The summed E-state index contributed by atoms with van der Waals surface area (Å²) in [4.78, 5) is 38.6. The van der Waals surface area contributed by atoms with E-state index < -0.39 is 30.6 Å². The number of amides is 2. The quantitative estimate of drug-likeness (QED) is 0.483. The SMILES string of the molecule is C#CCN(CC(=O)O)C(=O)C(NC(=O)OCC1c2ccccc2-c2ccccc21)c1cccs1. The van der Waals surface area contributed by atoms with Crippen LogP contribution in [-0.2, 0) is 14.3 Å². The summed E-state index contributed by atoms with van der Waals surface area (Å²) in [5.74, 6) is 0.350. The van der Waals surface area contributed by atoms with E-state index in [9.17, 15) is 14.4 Å². The number of carboxylic acid groups (broad SMARTS) is 1. The number of hydrogen-bond donors (Lipinski definition) is 2. The molecule has 0 saturated carbocycles. The van der Waals surface area contributed by atoms with Crippen LogP contribution in [0, 0.1) is 12.3 Å². The van der Waals surface area contributed by atoms with E-state index >= 15 is 0 Å². The standard InChI is InChI=1S/C26H22N2O5S/c1-2-13-28(15-23(29)30)25(31)24(22-12-7-14-34-22)27-26(32)33-16-21-19-10-5-3-8-17(19)18-9-4-6-11-20(18)21/h1,3-12,14,21,24H,13,15-16H2,(H,27,32)(H,29,30). The second kappa shape index (κ2) is 10.2. The molecule has 0 saturated heterocycles. The molecule has 1 aromatic heterocycles. The highest BCUT2D eigenvalue weighted by Gasteiger charge is 2.32. The maximum atomic E-state index is 13.1. The van der Waals surface area contributed by atoms with Crippen molar-refractivity contribution in [3.05, 3.63) is 82.0 Å². The van der Waals surface area contributed by atoms with E-state index in [0.717, 1.165) is 27.2 Å². The monoisotopic (exact) mass is 474 g/mol. The lowest BCUT2D eigenvalue weighted by Gasteiger charge is -2.24. The molecule has 2 N–H and O–H groups in total. The van der Waals surface area contributed by atoms with Crippen molar-refractivity contribution >= 4 is 29.3 Å². The number of carboxylic acids is 1. The van der Waals surface area contributed by atoms with Crippen LogP contribution >= 0.6 is 11.3 Å². The van der Waals surface area contributed by atoms with E-state index in [4.69, 9.17) is 16.3 Å². The van der Waals surface area contributed by atoms with Crippen molar-refractivity contribution in [2.24, 2.45) is 0 Å². The lowest BCUT2D eigenvalue weighted by Crippen LogP contribution is -2.45. The Kier molecular flexibility index (Phi) is 6.95. The number of ether oxygens (including phenoxy) is 1. The zero-order valence-electron chi connectivity index (χ0n) is 18.1. The summed E-state index contributed by atoms with van der Waals surface area (Å²) in [5, 5.41) is 13.5. The van der Waals surface area contributed by atoms with Gasteiger partial charge in [0, 0.05) is 10.8 Å².